The maximum Gasteiger partial charge on any atom is 0.241 e. The lowest BCUT2D eigenvalue weighted by Gasteiger charge is -2.14. The van der Waals surface area contributed by atoms with Crippen molar-refractivity contribution in [3.05, 3.63) is 0 Å². The second kappa shape index (κ2) is 9.62. The Morgan fingerprint density at radius 3 is 2.20 bits per heavy atom. The lowest BCUT2D eigenvalue weighted by molar-refractivity contribution is -0.122. The predicted molar refractivity (Wildman–Crippen MR) is 60.4 cm³/mol. The molecule has 0 bridgehead atoms. The highest BCUT2D eigenvalue weighted by atomic mass is 16.2. The summed E-state index contributed by atoms with van der Waals surface area (Å²) in [5, 5.41) is 2.90. The van der Waals surface area contributed by atoms with Crippen molar-refractivity contribution in [3.63, 3.8) is 0 Å². The third-order valence-corrected chi connectivity index (χ3v) is 2.59. The zero-order chi connectivity index (χ0) is 11.5. The van der Waals surface area contributed by atoms with Crippen LogP contribution in [0.2, 0.25) is 0 Å². The van der Waals surface area contributed by atoms with Crippen molar-refractivity contribution >= 4 is 5.91 Å². The lowest BCUT2D eigenvalue weighted by Crippen LogP contribution is -2.20. The largest absolute Gasteiger partial charge is 0.273 e. The molecule has 88 valence electrons. The molecule has 4 heteroatoms. The summed E-state index contributed by atoms with van der Waals surface area (Å²) in [5.74, 6) is 0.342. The number of nitrogens with one attached hydrogen (secondary N) is 2. The molecule has 0 aromatic carbocycles. The number of rotatable bonds is 9. The smallest absolute Gasteiger partial charge is 0.241 e. The van der Waals surface area contributed by atoms with Crippen molar-refractivity contribution in [2.24, 2.45) is 11.1 Å². The van der Waals surface area contributed by atoms with Gasteiger partial charge in [-0.3, -0.25) is 4.79 Å². The third kappa shape index (κ3) is 8.09. The molecule has 0 unspecified atom stereocenters. The molecular formula is C11H23N3O. The fraction of sp³-hybridized carbons (Fsp3) is 0.909. The predicted octanol–water partition coefficient (Wildman–Crippen LogP) is 3.44. The monoisotopic (exact) mass is 213 g/mol. The average molecular weight is 213 g/mol. The van der Waals surface area contributed by atoms with E-state index in [-0.39, 0.29) is 5.91 Å². The maximum absolute atomic E-state index is 11.3. The van der Waals surface area contributed by atoms with Gasteiger partial charge in [-0.25, -0.2) is 5.43 Å². The summed E-state index contributed by atoms with van der Waals surface area (Å²) in [6.45, 7) is 4.33. The summed E-state index contributed by atoms with van der Waals surface area (Å²) in [6, 6.07) is 0. The molecule has 4 nitrogen and oxygen atoms in total. The van der Waals surface area contributed by atoms with E-state index < -0.39 is 0 Å². The molecule has 0 spiro atoms. The molecule has 0 saturated heterocycles. The number of carbonyl (C=O) groups is 1. The Morgan fingerprint density at radius 2 is 1.80 bits per heavy atom. The van der Waals surface area contributed by atoms with Crippen LogP contribution in [-0.2, 0) is 4.79 Å². The van der Waals surface area contributed by atoms with Gasteiger partial charge in [-0.1, -0.05) is 44.8 Å². The SMILES string of the molecule is CCCCC(CCCC)CC(=O)NN=N. The number of carbonyl (C=O) groups excluding carboxylic acids is 1. The van der Waals surface area contributed by atoms with E-state index in [1.54, 1.807) is 0 Å². The maximum atomic E-state index is 11.3. The fourth-order valence-corrected chi connectivity index (χ4v) is 1.70. The van der Waals surface area contributed by atoms with Crippen LogP contribution in [0.5, 0.6) is 0 Å². The van der Waals surface area contributed by atoms with Gasteiger partial charge in [0.2, 0.25) is 5.91 Å². The molecule has 0 radical (unpaired) electrons. The lowest BCUT2D eigenvalue weighted by atomic mass is 9.93. The number of amides is 1. The van der Waals surface area contributed by atoms with Crippen LogP contribution in [0.3, 0.4) is 0 Å². The zero-order valence-electron chi connectivity index (χ0n) is 9.88. The van der Waals surface area contributed by atoms with Crippen LogP contribution in [-0.4, -0.2) is 5.91 Å². The summed E-state index contributed by atoms with van der Waals surface area (Å²) in [4.78, 5) is 11.3. The molecule has 0 aromatic rings. The molecular weight excluding hydrogens is 190 g/mol. The quantitative estimate of drug-likeness (QED) is 0.447. The molecule has 1 amide bonds. The van der Waals surface area contributed by atoms with Gasteiger partial charge in [0, 0.05) is 6.42 Å². The molecule has 0 atom stereocenters. The van der Waals surface area contributed by atoms with E-state index in [1.165, 1.54) is 25.7 Å². The third-order valence-electron chi connectivity index (χ3n) is 2.59. The van der Waals surface area contributed by atoms with Crippen LogP contribution in [0.25, 0.3) is 0 Å². The van der Waals surface area contributed by atoms with E-state index in [0.717, 1.165) is 12.8 Å². The Morgan fingerprint density at radius 1 is 1.27 bits per heavy atom. The van der Waals surface area contributed by atoms with Crippen LogP contribution in [0, 0.1) is 11.4 Å². The van der Waals surface area contributed by atoms with E-state index >= 15 is 0 Å². The minimum Gasteiger partial charge on any atom is -0.273 e. The van der Waals surface area contributed by atoms with Crippen LogP contribution in [0.1, 0.15) is 58.8 Å². The van der Waals surface area contributed by atoms with Crippen molar-refractivity contribution in [1.82, 2.24) is 5.43 Å². The van der Waals surface area contributed by atoms with E-state index in [1.807, 2.05) is 0 Å². The molecule has 0 aromatic heterocycles. The summed E-state index contributed by atoms with van der Waals surface area (Å²) < 4.78 is 0. The first kappa shape index (κ1) is 14.1. The van der Waals surface area contributed by atoms with Gasteiger partial charge in [0.25, 0.3) is 0 Å². The van der Waals surface area contributed by atoms with Crippen molar-refractivity contribution in [1.29, 1.82) is 5.53 Å². The summed E-state index contributed by atoms with van der Waals surface area (Å²) in [6.07, 6.45) is 7.45. The topological polar surface area (TPSA) is 65.3 Å². The second-order valence-corrected chi connectivity index (χ2v) is 4.00. The Bertz CT molecular complexity index is 175. The van der Waals surface area contributed by atoms with E-state index in [2.05, 4.69) is 24.5 Å². The van der Waals surface area contributed by atoms with Crippen molar-refractivity contribution in [2.75, 3.05) is 0 Å². The zero-order valence-corrected chi connectivity index (χ0v) is 9.88. The first-order chi connectivity index (χ1) is 7.24. The fourth-order valence-electron chi connectivity index (χ4n) is 1.70. The molecule has 0 rings (SSSR count). The highest BCUT2D eigenvalue weighted by Crippen LogP contribution is 2.19. The van der Waals surface area contributed by atoms with Crippen LogP contribution < -0.4 is 5.43 Å². The van der Waals surface area contributed by atoms with Crippen LogP contribution in [0.15, 0.2) is 5.22 Å². The minimum atomic E-state index is -0.123. The standard InChI is InChI=1S/C11H23N3O/c1-3-5-7-10(8-6-4-2)9-11(15)13-14-12/h10H,3-9H2,1-2H3,(H2,12,13,15). The van der Waals surface area contributed by atoms with E-state index in [0.29, 0.717) is 12.3 Å². The van der Waals surface area contributed by atoms with E-state index in [4.69, 9.17) is 5.53 Å². The van der Waals surface area contributed by atoms with Crippen molar-refractivity contribution in [3.8, 4) is 0 Å². The Balaban J connectivity index is 3.86. The van der Waals surface area contributed by atoms with Gasteiger partial charge < -0.3 is 0 Å². The minimum absolute atomic E-state index is 0.123. The molecule has 0 aliphatic rings. The van der Waals surface area contributed by atoms with Gasteiger partial charge in [0.15, 0.2) is 0 Å². The number of unbranched alkanes of at least 4 members (excludes halogenated alkanes) is 2. The normalized spacial score (nSPS) is 10.3. The first-order valence-corrected chi connectivity index (χ1v) is 5.89. The highest BCUT2D eigenvalue weighted by molar-refractivity contribution is 5.75. The highest BCUT2D eigenvalue weighted by Gasteiger charge is 2.12. The molecule has 0 aliphatic heterocycles. The number of hydrogen-bond donors (Lipinski definition) is 2. The molecule has 0 saturated carbocycles. The summed E-state index contributed by atoms with van der Waals surface area (Å²) in [7, 11) is 0. The molecule has 0 aliphatic carbocycles. The van der Waals surface area contributed by atoms with Gasteiger partial charge in [-0.15, -0.1) is 0 Å². The summed E-state index contributed by atoms with van der Waals surface area (Å²) in [5.41, 5.74) is 8.73. The summed E-state index contributed by atoms with van der Waals surface area (Å²) >= 11 is 0. The Kier molecular flexibility index (Phi) is 9.02. The van der Waals surface area contributed by atoms with Crippen LogP contribution >= 0.6 is 0 Å². The Labute approximate surface area is 92.3 Å². The van der Waals surface area contributed by atoms with Gasteiger partial charge in [0.05, 0.1) is 0 Å². The molecule has 0 fully saturated rings. The first-order valence-electron chi connectivity index (χ1n) is 5.89. The number of hydrogen-bond acceptors (Lipinski definition) is 3. The second-order valence-electron chi connectivity index (χ2n) is 4.00. The van der Waals surface area contributed by atoms with Gasteiger partial charge in [0.1, 0.15) is 0 Å². The molecule has 0 heterocycles. The van der Waals surface area contributed by atoms with Crippen LogP contribution in [0.4, 0.5) is 0 Å². The van der Waals surface area contributed by atoms with Gasteiger partial charge in [-0.2, -0.15) is 5.53 Å². The van der Waals surface area contributed by atoms with Crippen molar-refractivity contribution < 1.29 is 4.79 Å². The average Bonchev–Trinajstić information content (AvgIpc) is 2.22. The van der Waals surface area contributed by atoms with Crippen molar-refractivity contribution in [2.45, 2.75) is 58.8 Å². The van der Waals surface area contributed by atoms with E-state index in [9.17, 15) is 4.79 Å². The molecule has 2 N–H and O–H groups in total. The molecule has 15 heavy (non-hydrogen) atoms. The Hall–Kier alpha value is -0.930. The van der Waals surface area contributed by atoms with Gasteiger partial charge >= 0.3 is 0 Å². The number of nitrogens with zero attached hydrogens (tertiary/aromatic N) is 1. The van der Waals surface area contributed by atoms with Gasteiger partial charge in [-0.05, 0) is 18.8 Å².